The number of halogens is 6. The molecule has 11 nitrogen and oxygen atoms in total. The second kappa shape index (κ2) is 18.3. The van der Waals surface area contributed by atoms with Gasteiger partial charge in [-0.3, -0.25) is 9.59 Å². The summed E-state index contributed by atoms with van der Waals surface area (Å²) < 4.78 is 83.7. The smallest absolute Gasteiger partial charge is 0.425 e. The van der Waals surface area contributed by atoms with Gasteiger partial charge in [-0.2, -0.15) is 26.3 Å². The number of amides is 2. The number of alkyl halides is 6. The van der Waals surface area contributed by atoms with E-state index in [2.05, 4.69) is 30.6 Å². The summed E-state index contributed by atoms with van der Waals surface area (Å²) in [5.41, 5.74) is 3.38. The lowest BCUT2D eigenvalue weighted by Crippen LogP contribution is -2.37. The molecule has 1 fully saturated rings. The average Bonchev–Trinajstić information content (AvgIpc) is 3.21. The molecule has 4 aromatic heterocycles. The zero-order chi connectivity index (χ0) is 43.2. The maximum Gasteiger partial charge on any atom is 0.425 e. The van der Waals surface area contributed by atoms with Gasteiger partial charge in [0.25, 0.3) is 11.8 Å². The van der Waals surface area contributed by atoms with Crippen LogP contribution in [0.15, 0.2) is 91.3 Å². The number of ether oxygens (including phenoxy) is 1. The van der Waals surface area contributed by atoms with Gasteiger partial charge >= 0.3 is 12.4 Å². The lowest BCUT2D eigenvalue weighted by atomic mass is 10.0. The van der Waals surface area contributed by atoms with Gasteiger partial charge in [-0.05, 0) is 105 Å². The number of piperidine rings is 1. The molecule has 1 saturated heterocycles. The molecule has 1 unspecified atom stereocenters. The molecule has 3 N–H and O–H groups in total. The second-order valence-electron chi connectivity index (χ2n) is 14.2. The van der Waals surface area contributed by atoms with Crippen LogP contribution in [-0.4, -0.2) is 68.3 Å². The summed E-state index contributed by atoms with van der Waals surface area (Å²) in [4.78, 5) is 43.8. The Bertz CT molecular complexity index is 2470. The SMILES string of the molecule is Cc1nc2ncccc2cc1C(=O)NCc1ccc(N2CCC(O)CC2)c(C(F)(F)F)c1.Cc1nc2ncccc2cc1C(=O)NCc1ccc(OC(C)C(F)(F)F)cc1. The summed E-state index contributed by atoms with van der Waals surface area (Å²) in [5, 5.41) is 16.6. The van der Waals surface area contributed by atoms with Crippen molar-refractivity contribution >= 4 is 39.6 Å². The minimum absolute atomic E-state index is 0.0502. The van der Waals surface area contributed by atoms with Crippen LogP contribution in [0.5, 0.6) is 5.75 Å². The lowest BCUT2D eigenvalue weighted by molar-refractivity contribution is -0.189. The van der Waals surface area contributed by atoms with E-state index in [9.17, 15) is 41.0 Å². The van der Waals surface area contributed by atoms with Crippen LogP contribution in [0.25, 0.3) is 22.1 Å². The molecule has 1 aliphatic heterocycles. The number of benzene rings is 2. The molecule has 0 spiro atoms. The maximum absolute atomic E-state index is 13.7. The Hall–Kier alpha value is -6.36. The van der Waals surface area contributed by atoms with Gasteiger partial charge in [-0.15, -0.1) is 0 Å². The van der Waals surface area contributed by atoms with E-state index in [-0.39, 0.29) is 30.4 Å². The van der Waals surface area contributed by atoms with Gasteiger partial charge in [-0.25, -0.2) is 19.9 Å². The van der Waals surface area contributed by atoms with Gasteiger partial charge in [0.05, 0.1) is 34.2 Å². The van der Waals surface area contributed by atoms with Gasteiger partial charge < -0.3 is 25.4 Å². The summed E-state index contributed by atoms with van der Waals surface area (Å²) in [6.45, 7) is 5.27. The number of carbonyl (C=O) groups is 2. The zero-order valence-electron chi connectivity index (χ0n) is 32.7. The van der Waals surface area contributed by atoms with Crippen LogP contribution in [0.1, 0.15) is 68.6 Å². The molecule has 2 aromatic carbocycles. The molecule has 0 saturated carbocycles. The van der Waals surface area contributed by atoms with Crippen molar-refractivity contribution in [1.29, 1.82) is 0 Å². The Balaban J connectivity index is 0.000000203. The highest BCUT2D eigenvalue weighted by atomic mass is 19.4. The van der Waals surface area contributed by atoms with E-state index >= 15 is 0 Å². The summed E-state index contributed by atoms with van der Waals surface area (Å²) >= 11 is 0. The standard InChI is InChI=1S/C23H23F3N4O2.C20H18F3N3O2/c1-14-18(12-16-3-2-8-27-21(16)29-14)22(32)28-13-15-4-5-20(19(11-15)23(24,25)26)30-9-6-17(31)7-10-30;1-12-17(10-15-4-3-9-24-18(15)26-12)19(27)25-11-14-5-7-16(8-6-14)28-13(2)20(21,22)23/h2-5,8,11-12,17,31H,6-7,9-10,13H2,1H3,(H,28,32);3-10,13H,11H2,1-2H3,(H,25,27). The van der Waals surface area contributed by atoms with E-state index in [4.69, 9.17) is 4.74 Å². The molecule has 60 heavy (non-hydrogen) atoms. The highest BCUT2D eigenvalue weighted by Crippen LogP contribution is 2.38. The number of aromatic nitrogens is 4. The molecule has 0 bridgehead atoms. The molecule has 0 aliphatic carbocycles. The summed E-state index contributed by atoms with van der Waals surface area (Å²) in [6, 6.07) is 20.7. The molecule has 1 atom stereocenters. The van der Waals surface area contributed by atoms with Crippen LogP contribution in [0.2, 0.25) is 0 Å². The Labute approximate surface area is 340 Å². The van der Waals surface area contributed by atoms with Gasteiger partial charge in [-0.1, -0.05) is 18.2 Å². The second-order valence-corrected chi connectivity index (χ2v) is 14.2. The molecule has 314 valence electrons. The highest BCUT2D eigenvalue weighted by molar-refractivity contribution is 5.99. The first-order valence-electron chi connectivity index (χ1n) is 18.9. The fraction of sp³-hybridized carbons (Fsp3) is 0.302. The van der Waals surface area contributed by atoms with E-state index < -0.39 is 36.0 Å². The lowest BCUT2D eigenvalue weighted by Gasteiger charge is -2.33. The average molecular weight is 834 g/mol. The summed E-state index contributed by atoms with van der Waals surface area (Å²) in [6.07, 6.45) is -7.20. The first-order valence-corrected chi connectivity index (χ1v) is 18.9. The van der Waals surface area contributed by atoms with E-state index in [1.54, 1.807) is 79.7 Å². The largest absolute Gasteiger partial charge is 0.481 e. The molecule has 6 aromatic rings. The summed E-state index contributed by atoms with van der Waals surface area (Å²) in [7, 11) is 0. The van der Waals surface area contributed by atoms with Crippen molar-refractivity contribution in [3.8, 4) is 5.75 Å². The van der Waals surface area contributed by atoms with Crippen LogP contribution in [0, 0.1) is 13.8 Å². The van der Waals surface area contributed by atoms with E-state index in [0.717, 1.165) is 23.9 Å². The fourth-order valence-corrected chi connectivity index (χ4v) is 6.46. The van der Waals surface area contributed by atoms with Crippen LogP contribution < -0.4 is 20.3 Å². The van der Waals surface area contributed by atoms with Crippen LogP contribution in [0.3, 0.4) is 0 Å². The maximum atomic E-state index is 13.7. The number of hydrogen-bond donors (Lipinski definition) is 3. The Morgan fingerprint density at radius 3 is 1.77 bits per heavy atom. The number of hydrogen-bond acceptors (Lipinski definition) is 9. The molecule has 0 radical (unpaired) electrons. The minimum Gasteiger partial charge on any atom is -0.481 e. The number of rotatable bonds is 9. The highest BCUT2D eigenvalue weighted by Gasteiger charge is 2.38. The molecule has 5 heterocycles. The predicted molar refractivity (Wildman–Crippen MR) is 212 cm³/mol. The van der Waals surface area contributed by atoms with Crippen molar-refractivity contribution in [3.63, 3.8) is 0 Å². The Kier molecular flexibility index (Phi) is 13.2. The molecule has 7 rings (SSSR count). The topological polar surface area (TPSA) is 142 Å². The van der Waals surface area contributed by atoms with Crippen molar-refractivity contribution in [1.82, 2.24) is 30.6 Å². The first-order chi connectivity index (χ1) is 28.5. The predicted octanol–water partition coefficient (Wildman–Crippen LogP) is 8.05. The number of fused-ring (bicyclic) bond motifs is 2. The van der Waals surface area contributed by atoms with Crippen molar-refractivity contribution in [2.24, 2.45) is 0 Å². The van der Waals surface area contributed by atoms with Crippen LogP contribution in [-0.2, 0) is 19.3 Å². The van der Waals surface area contributed by atoms with Crippen LogP contribution >= 0.6 is 0 Å². The monoisotopic (exact) mass is 833 g/mol. The number of carbonyl (C=O) groups excluding carboxylic acids is 2. The Morgan fingerprint density at radius 2 is 1.27 bits per heavy atom. The fourth-order valence-electron chi connectivity index (χ4n) is 6.46. The third kappa shape index (κ3) is 10.8. The summed E-state index contributed by atoms with van der Waals surface area (Å²) in [5.74, 6) is -0.591. The number of nitrogens with zero attached hydrogens (tertiary/aromatic N) is 5. The number of aliphatic hydroxyl groups is 1. The molecule has 2 amide bonds. The van der Waals surface area contributed by atoms with Crippen molar-refractivity contribution < 1.29 is 45.8 Å². The minimum atomic E-state index is -4.53. The molecular formula is C43H41F6N7O4. The quantitative estimate of drug-likeness (QED) is 0.123. The van der Waals surface area contributed by atoms with Crippen molar-refractivity contribution in [3.05, 3.63) is 130 Å². The normalized spacial score (nSPS) is 14.0. The number of pyridine rings is 4. The van der Waals surface area contributed by atoms with E-state index in [1.165, 1.54) is 18.2 Å². The first kappa shape index (κ1) is 43.2. The molecule has 17 heteroatoms. The van der Waals surface area contributed by atoms with Gasteiger partial charge in [0.2, 0.25) is 0 Å². The molecular weight excluding hydrogens is 793 g/mol. The van der Waals surface area contributed by atoms with Crippen molar-refractivity contribution in [2.75, 3.05) is 18.0 Å². The van der Waals surface area contributed by atoms with Gasteiger partial charge in [0.1, 0.15) is 5.75 Å². The number of aliphatic hydroxyl groups excluding tert-OH is 1. The Morgan fingerprint density at radius 1 is 0.767 bits per heavy atom. The van der Waals surface area contributed by atoms with Gasteiger partial charge in [0, 0.05) is 55.0 Å². The van der Waals surface area contributed by atoms with E-state index in [0.29, 0.717) is 70.7 Å². The van der Waals surface area contributed by atoms with Gasteiger partial charge in [0.15, 0.2) is 17.4 Å². The molecule has 1 aliphatic rings. The third-order valence-corrected chi connectivity index (χ3v) is 9.82. The number of aryl methyl sites for hydroxylation is 2. The zero-order valence-corrected chi connectivity index (χ0v) is 32.7. The number of anilines is 1. The van der Waals surface area contributed by atoms with Crippen molar-refractivity contribution in [2.45, 2.75) is 71.3 Å². The van der Waals surface area contributed by atoms with E-state index in [1.807, 2.05) is 6.07 Å². The van der Waals surface area contributed by atoms with Crippen LogP contribution in [0.4, 0.5) is 32.0 Å². The third-order valence-electron chi connectivity index (χ3n) is 9.82. The number of nitrogens with one attached hydrogen (secondary N) is 2.